The lowest BCUT2D eigenvalue weighted by Gasteiger charge is -2.35. The van der Waals surface area contributed by atoms with Crippen LogP contribution >= 0.6 is 0 Å². The summed E-state index contributed by atoms with van der Waals surface area (Å²) in [5.41, 5.74) is 0.898. The Kier molecular flexibility index (Phi) is 4.72. The average molecular weight is 305 g/mol. The van der Waals surface area contributed by atoms with Gasteiger partial charge in [0.2, 0.25) is 5.91 Å². The number of aliphatic carboxylic acids is 1. The Balaban J connectivity index is 1.93. The molecule has 0 spiro atoms. The van der Waals surface area contributed by atoms with Crippen molar-refractivity contribution >= 4 is 23.3 Å². The lowest BCUT2D eigenvalue weighted by Crippen LogP contribution is -2.48. The van der Waals surface area contributed by atoms with E-state index >= 15 is 0 Å². The van der Waals surface area contributed by atoms with Crippen molar-refractivity contribution < 1.29 is 19.6 Å². The van der Waals surface area contributed by atoms with E-state index in [1.165, 1.54) is 12.1 Å². The smallest absolute Gasteiger partial charge is 0.328 e. The molecule has 8 nitrogen and oxygen atoms in total. The Morgan fingerprint density at radius 2 is 1.68 bits per heavy atom. The second kappa shape index (κ2) is 6.70. The van der Waals surface area contributed by atoms with Crippen molar-refractivity contribution in [1.29, 1.82) is 0 Å². The number of carboxylic acids is 1. The van der Waals surface area contributed by atoms with Gasteiger partial charge in [0.25, 0.3) is 5.69 Å². The highest BCUT2D eigenvalue weighted by Gasteiger charge is 2.20. The normalized spacial score (nSPS) is 15.1. The Bertz CT molecular complexity index is 603. The van der Waals surface area contributed by atoms with Gasteiger partial charge in [0, 0.05) is 56.2 Å². The van der Waals surface area contributed by atoms with Crippen molar-refractivity contribution in [3.8, 4) is 0 Å². The third-order valence-corrected chi connectivity index (χ3v) is 3.39. The van der Waals surface area contributed by atoms with Gasteiger partial charge in [-0.05, 0) is 12.1 Å². The molecule has 22 heavy (non-hydrogen) atoms. The van der Waals surface area contributed by atoms with Crippen LogP contribution in [0.25, 0.3) is 0 Å². The van der Waals surface area contributed by atoms with Crippen molar-refractivity contribution in [2.24, 2.45) is 0 Å². The lowest BCUT2D eigenvalue weighted by atomic mass is 10.2. The molecule has 0 aliphatic carbocycles. The zero-order valence-electron chi connectivity index (χ0n) is 11.7. The number of piperazine rings is 1. The number of carboxylic acid groups (broad SMARTS) is 1. The molecule has 116 valence electrons. The van der Waals surface area contributed by atoms with Gasteiger partial charge in [0.1, 0.15) is 0 Å². The van der Waals surface area contributed by atoms with Crippen LogP contribution in [0.3, 0.4) is 0 Å². The molecule has 1 aliphatic heterocycles. The second-order valence-electron chi connectivity index (χ2n) is 4.76. The zero-order valence-corrected chi connectivity index (χ0v) is 11.7. The maximum Gasteiger partial charge on any atom is 0.328 e. The summed E-state index contributed by atoms with van der Waals surface area (Å²) in [4.78, 5) is 35.9. The molecule has 1 saturated heterocycles. The van der Waals surface area contributed by atoms with E-state index in [-0.39, 0.29) is 11.6 Å². The third kappa shape index (κ3) is 3.81. The molecule has 0 saturated carbocycles. The number of nitro benzene ring substituents is 1. The largest absolute Gasteiger partial charge is 0.478 e. The average Bonchev–Trinajstić information content (AvgIpc) is 2.53. The van der Waals surface area contributed by atoms with Crippen molar-refractivity contribution in [1.82, 2.24) is 4.90 Å². The van der Waals surface area contributed by atoms with Gasteiger partial charge >= 0.3 is 5.97 Å². The van der Waals surface area contributed by atoms with Gasteiger partial charge in [-0.25, -0.2) is 4.79 Å². The second-order valence-corrected chi connectivity index (χ2v) is 4.76. The van der Waals surface area contributed by atoms with Crippen LogP contribution in [-0.4, -0.2) is 53.0 Å². The zero-order chi connectivity index (χ0) is 16.1. The minimum absolute atomic E-state index is 0.0383. The summed E-state index contributed by atoms with van der Waals surface area (Å²) in [7, 11) is 0. The first kappa shape index (κ1) is 15.5. The number of hydrogen-bond acceptors (Lipinski definition) is 5. The molecule has 0 unspecified atom stereocenters. The van der Waals surface area contributed by atoms with E-state index in [1.54, 1.807) is 17.0 Å². The van der Waals surface area contributed by atoms with Gasteiger partial charge in [-0.2, -0.15) is 0 Å². The fraction of sp³-hybridized carbons (Fsp3) is 0.286. The number of hydrogen-bond donors (Lipinski definition) is 1. The van der Waals surface area contributed by atoms with E-state index in [4.69, 9.17) is 5.11 Å². The summed E-state index contributed by atoms with van der Waals surface area (Å²) in [6.45, 7) is 2.12. The van der Waals surface area contributed by atoms with Crippen LogP contribution in [0.15, 0.2) is 36.4 Å². The molecule has 1 aliphatic rings. The fourth-order valence-corrected chi connectivity index (χ4v) is 2.22. The van der Waals surface area contributed by atoms with Crippen LogP contribution in [0.1, 0.15) is 0 Å². The minimum Gasteiger partial charge on any atom is -0.478 e. The summed E-state index contributed by atoms with van der Waals surface area (Å²) in [5.74, 6) is -1.48. The van der Waals surface area contributed by atoms with Crippen molar-refractivity contribution in [2.45, 2.75) is 0 Å². The highest BCUT2D eigenvalue weighted by atomic mass is 16.6. The van der Waals surface area contributed by atoms with E-state index in [2.05, 4.69) is 0 Å². The molecule has 1 N–H and O–H groups in total. The number of non-ortho nitro benzene ring substituents is 1. The topological polar surface area (TPSA) is 104 Å². The summed E-state index contributed by atoms with van der Waals surface area (Å²) < 4.78 is 0. The summed E-state index contributed by atoms with van der Waals surface area (Å²) in [6.07, 6.45) is 1.87. The van der Waals surface area contributed by atoms with Gasteiger partial charge in [-0.3, -0.25) is 14.9 Å². The molecular formula is C14H15N3O5. The van der Waals surface area contributed by atoms with E-state index < -0.39 is 10.9 Å². The number of benzene rings is 1. The molecule has 1 amide bonds. The van der Waals surface area contributed by atoms with Gasteiger partial charge in [0.15, 0.2) is 0 Å². The van der Waals surface area contributed by atoms with Gasteiger partial charge in [0.05, 0.1) is 4.92 Å². The molecule has 0 radical (unpaired) electrons. The number of anilines is 1. The molecule has 0 aromatic heterocycles. The molecule has 8 heteroatoms. The number of carbonyl (C=O) groups is 2. The van der Waals surface area contributed by atoms with Crippen molar-refractivity contribution in [2.75, 3.05) is 31.1 Å². The molecular weight excluding hydrogens is 290 g/mol. The molecule has 0 atom stereocenters. The molecule has 1 heterocycles. The Labute approximate surface area is 126 Å². The van der Waals surface area contributed by atoms with Crippen LogP contribution in [0.2, 0.25) is 0 Å². The predicted octanol–water partition coefficient (Wildman–Crippen LogP) is 0.884. The molecule has 1 fully saturated rings. The number of nitrogens with zero attached hydrogens (tertiary/aromatic N) is 3. The van der Waals surface area contributed by atoms with E-state index in [9.17, 15) is 19.7 Å². The van der Waals surface area contributed by atoms with Gasteiger partial charge in [-0.1, -0.05) is 0 Å². The first-order valence-electron chi connectivity index (χ1n) is 6.66. The van der Waals surface area contributed by atoms with Crippen LogP contribution in [0, 0.1) is 10.1 Å². The highest BCUT2D eigenvalue weighted by Crippen LogP contribution is 2.20. The van der Waals surface area contributed by atoms with Crippen LogP contribution < -0.4 is 4.90 Å². The number of amides is 1. The lowest BCUT2D eigenvalue weighted by molar-refractivity contribution is -0.384. The first-order chi connectivity index (χ1) is 10.5. The van der Waals surface area contributed by atoms with Crippen molar-refractivity contribution in [3.63, 3.8) is 0 Å². The summed E-state index contributed by atoms with van der Waals surface area (Å²) >= 11 is 0. The predicted molar refractivity (Wildman–Crippen MR) is 78.7 cm³/mol. The molecule has 1 aromatic carbocycles. The number of carbonyl (C=O) groups excluding carboxylic acids is 1. The van der Waals surface area contributed by atoms with Gasteiger partial charge in [-0.15, -0.1) is 0 Å². The van der Waals surface area contributed by atoms with Crippen LogP contribution in [-0.2, 0) is 9.59 Å². The van der Waals surface area contributed by atoms with Crippen LogP contribution in [0.4, 0.5) is 11.4 Å². The monoisotopic (exact) mass is 305 g/mol. The van der Waals surface area contributed by atoms with E-state index in [0.29, 0.717) is 26.2 Å². The third-order valence-electron chi connectivity index (χ3n) is 3.39. The minimum atomic E-state index is -1.15. The molecule has 0 bridgehead atoms. The van der Waals surface area contributed by atoms with Crippen LogP contribution in [0.5, 0.6) is 0 Å². The molecule has 1 aromatic rings. The maximum atomic E-state index is 11.7. The van der Waals surface area contributed by atoms with E-state index in [0.717, 1.165) is 17.8 Å². The quantitative estimate of drug-likeness (QED) is 0.503. The standard InChI is InChI=1S/C14H15N3O5/c18-13(5-6-14(19)20)16-9-7-15(8-10-16)11-1-3-12(4-2-11)17(21)22/h1-6H,7-10H2,(H,19,20). The molecule has 2 rings (SSSR count). The summed E-state index contributed by atoms with van der Waals surface area (Å²) in [5, 5.41) is 19.1. The Morgan fingerprint density at radius 3 is 2.18 bits per heavy atom. The van der Waals surface area contributed by atoms with E-state index in [1.807, 2.05) is 4.90 Å². The maximum absolute atomic E-state index is 11.7. The Hall–Kier alpha value is -2.90. The SMILES string of the molecule is O=C(O)C=CC(=O)N1CCN(c2ccc([N+](=O)[O-])cc2)CC1. The number of nitro groups is 1. The summed E-state index contributed by atoms with van der Waals surface area (Å²) in [6, 6.07) is 6.25. The Morgan fingerprint density at radius 1 is 1.09 bits per heavy atom. The van der Waals surface area contributed by atoms with Gasteiger partial charge < -0.3 is 14.9 Å². The first-order valence-corrected chi connectivity index (χ1v) is 6.66. The highest BCUT2D eigenvalue weighted by molar-refractivity contribution is 5.94. The fourth-order valence-electron chi connectivity index (χ4n) is 2.22. The number of rotatable bonds is 4. The van der Waals surface area contributed by atoms with Crippen molar-refractivity contribution in [3.05, 3.63) is 46.5 Å².